The summed E-state index contributed by atoms with van der Waals surface area (Å²) in [5.74, 6) is 0. The van der Waals surface area contributed by atoms with E-state index in [4.69, 9.17) is 13.3 Å². The van der Waals surface area contributed by atoms with Crippen molar-refractivity contribution in [2.45, 2.75) is 96.7 Å². The van der Waals surface area contributed by atoms with Crippen molar-refractivity contribution < 1.29 is 17.8 Å². The highest BCUT2D eigenvalue weighted by molar-refractivity contribution is 6.60. The Bertz CT molecular complexity index is 456. The van der Waals surface area contributed by atoms with Crippen LogP contribution in [0.3, 0.4) is 0 Å². The SMILES string of the molecule is CCCCn1cc[n+](CCCCCCCCCCC[Si](OC)(OC)OC)c1. The second kappa shape index (κ2) is 15.3. The van der Waals surface area contributed by atoms with Crippen molar-refractivity contribution in [1.29, 1.82) is 0 Å². The molecule has 0 radical (unpaired) electrons. The van der Waals surface area contributed by atoms with Gasteiger partial charge in [-0.1, -0.05) is 51.9 Å². The van der Waals surface area contributed by atoms with E-state index in [1.807, 2.05) is 0 Å². The van der Waals surface area contributed by atoms with Gasteiger partial charge in [-0.15, -0.1) is 0 Å². The third-order valence-corrected chi connectivity index (χ3v) is 8.18. The van der Waals surface area contributed by atoms with Crippen LogP contribution in [0.4, 0.5) is 0 Å². The summed E-state index contributed by atoms with van der Waals surface area (Å²) in [4.78, 5) is 0. The summed E-state index contributed by atoms with van der Waals surface area (Å²) >= 11 is 0. The van der Waals surface area contributed by atoms with E-state index in [0.717, 1.165) is 25.6 Å². The molecule has 0 unspecified atom stereocenters. The van der Waals surface area contributed by atoms with Crippen LogP contribution in [-0.4, -0.2) is 34.7 Å². The fourth-order valence-electron chi connectivity index (χ4n) is 3.47. The molecule has 0 N–H and O–H groups in total. The first-order chi connectivity index (χ1) is 13.2. The van der Waals surface area contributed by atoms with E-state index < -0.39 is 8.80 Å². The van der Waals surface area contributed by atoms with Crippen molar-refractivity contribution in [1.82, 2.24) is 4.57 Å². The number of hydrogen-bond acceptors (Lipinski definition) is 3. The Labute approximate surface area is 168 Å². The van der Waals surface area contributed by atoms with E-state index in [0.29, 0.717) is 0 Å². The molecule has 6 heteroatoms. The molecule has 0 saturated heterocycles. The van der Waals surface area contributed by atoms with E-state index in [1.54, 1.807) is 21.3 Å². The molecule has 0 atom stereocenters. The van der Waals surface area contributed by atoms with Crippen molar-refractivity contribution in [3.63, 3.8) is 0 Å². The highest BCUT2D eigenvalue weighted by atomic mass is 28.4. The van der Waals surface area contributed by atoms with Crippen molar-refractivity contribution in [3.05, 3.63) is 18.7 Å². The molecule has 0 aliphatic rings. The number of unbranched alkanes of at least 4 members (excludes halogenated alkanes) is 9. The summed E-state index contributed by atoms with van der Waals surface area (Å²) in [5, 5.41) is 0. The molecule has 0 aliphatic heterocycles. The normalized spacial score (nSPS) is 12.0. The molecule has 0 amide bonds. The zero-order valence-corrected chi connectivity index (χ0v) is 19.3. The van der Waals surface area contributed by atoms with Crippen LogP contribution >= 0.6 is 0 Å². The van der Waals surface area contributed by atoms with Crippen LogP contribution in [0, 0.1) is 0 Å². The van der Waals surface area contributed by atoms with Gasteiger partial charge in [0.15, 0.2) is 0 Å². The molecule has 0 bridgehead atoms. The number of rotatable bonds is 18. The minimum absolute atomic E-state index is 0.925. The number of imidazole rings is 1. The van der Waals surface area contributed by atoms with Gasteiger partial charge in [-0.3, -0.25) is 0 Å². The highest BCUT2D eigenvalue weighted by Crippen LogP contribution is 2.18. The van der Waals surface area contributed by atoms with E-state index in [-0.39, 0.29) is 0 Å². The van der Waals surface area contributed by atoms with Crippen LogP contribution in [0.2, 0.25) is 6.04 Å². The first-order valence-electron chi connectivity index (χ1n) is 10.9. The van der Waals surface area contributed by atoms with Crippen LogP contribution in [0.5, 0.6) is 0 Å². The summed E-state index contributed by atoms with van der Waals surface area (Å²) in [6.07, 6.45) is 21.0. The van der Waals surface area contributed by atoms with Gasteiger partial charge in [-0.2, -0.15) is 0 Å². The summed E-state index contributed by atoms with van der Waals surface area (Å²) in [5.41, 5.74) is 0. The average molecular weight is 400 g/mol. The van der Waals surface area contributed by atoms with E-state index >= 15 is 0 Å². The zero-order valence-electron chi connectivity index (χ0n) is 18.3. The lowest BCUT2D eigenvalue weighted by Gasteiger charge is -2.24. The zero-order chi connectivity index (χ0) is 19.8. The Balaban J connectivity index is 1.92. The topological polar surface area (TPSA) is 36.5 Å². The Hall–Kier alpha value is -0.693. The number of aryl methyl sites for hydroxylation is 2. The number of nitrogens with zero attached hydrogens (tertiary/aromatic N) is 2. The Morgan fingerprint density at radius 1 is 0.778 bits per heavy atom. The van der Waals surface area contributed by atoms with Crippen LogP contribution < -0.4 is 4.57 Å². The molecular formula is C21H43N2O3Si+. The molecule has 0 aliphatic carbocycles. The predicted molar refractivity (Wildman–Crippen MR) is 113 cm³/mol. The fourth-order valence-corrected chi connectivity index (χ4v) is 5.27. The summed E-state index contributed by atoms with van der Waals surface area (Å²) < 4.78 is 21.0. The van der Waals surface area contributed by atoms with Gasteiger partial charge in [0.1, 0.15) is 12.4 Å². The monoisotopic (exact) mass is 399 g/mol. The molecular weight excluding hydrogens is 356 g/mol. The molecule has 1 rings (SSSR count). The Kier molecular flexibility index (Phi) is 13.8. The van der Waals surface area contributed by atoms with Gasteiger partial charge in [-0.25, -0.2) is 9.13 Å². The maximum atomic E-state index is 5.46. The predicted octanol–water partition coefficient (Wildman–Crippen LogP) is 4.96. The number of hydrogen-bond donors (Lipinski definition) is 0. The molecule has 1 aromatic rings. The number of aromatic nitrogens is 2. The van der Waals surface area contributed by atoms with Gasteiger partial charge in [0.25, 0.3) is 0 Å². The second-order valence-corrected chi connectivity index (χ2v) is 10.6. The molecule has 1 heterocycles. The van der Waals surface area contributed by atoms with Gasteiger partial charge < -0.3 is 13.3 Å². The van der Waals surface area contributed by atoms with Gasteiger partial charge in [0, 0.05) is 27.4 Å². The molecule has 0 spiro atoms. The minimum atomic E-state index is -2.34. The Morgan fingerprint density at radius 3 is 1.89 bits per heavy atom. The molecule has 5 nitrogen and oxygen atoms in total. The maximum Gasteiger partial charge on any atom is 0.500 e. The van der Waals surface area contributed by atoms with E-state index in [9.17, 15) is 0 Å². The third kappa shape index (κ3) is 10.4. The molecule has 158 valence electrons. The Morgan fingerprint density at radius 2 is 1.33 bits per heavy atom. The molecule has 0 saturated carbocycles. The average Bonchev–Trinajstić information content (AvgIpc) is 3.15. The smallest absolute Gasteiger partial charge is 0.377 e. The van der Waals surface area contributed by atoms with E-state index in [2.05, 4.69) is 34.8 Å². The van der Waals surface area contributed by atoms with Gasteiger partial charge in [0.05, 0.1) is 13.1 Å². The van der Waals surface area contributed by atoms with Crippen molar-refractivity contribution in [2.75, 3.05) is 21.3 Å². The second-order valence-electron chi connectivity index (χ2n) is 7.47. The lowest BCUT2D eigenvalue weighted by Crippen LogP contribution is -2.42. The van der Waals surface area contributed by atoms with Crippen LogP contribution in [0.25, 0.3) is 0 Å². The maximum absolute atomic E-state index is 5.46. The van der Waals surface area contributed by atoms with Crippen LogP contribution in [0.15, 0.2) is 18.7 Å². The van der Waals surface area contributed by atoms with Gasteiger partial charge in [0.2, 0.25) is 6.33 Å². The van der Waals surface area contributed by atoms with Crippen LogP contribution in [-0.2, 0) is 26.4 Å². The molecule has 0 fully saturated rings. The van der Waals surface area contributed by atoms with Crippen LogP contribution in [0.1, 0.15) is 77.6 Å². The minimum Gasteiger partial charge on any atom is -0.377 e. The van der Waals surface area contributed by atoms with E-state index in [1.165, 1.54) is 64.2 Å². The van der Waals surface area contributed by atoms with Crippen molar-refractivity contribution in [2.24, 2.45) is 0 Å². The summed E-state index contributed by atoms with van der Waals surface area (Å²) in [7, 11) is 2.74. The van der Waals surface area contributed by atoms with Gasteiger partial charge in [-0.05, 0) is 25.7 Å². The first kappa shape index (κ1) is 24.3. The molecule has 27 heavy (non-hydrogen) atoms. The third-order valence-electron chi connectivity index (χ3n) is 5.35. The quantitative estimate of drug-likeness (QED) is 0.199. The lowest BCUT2D eigenvalue weighted by molar-refractivity contribution is -0.696. The lowest BCUT2D eigenvalue weighted by atomic mass is 10.1. The van der Waals surface area contributed by atoms with Crippen molar-refractivity contribution in [3.8, 4) is 0 Å². The largest absolute Gasteiger partial charge is 0.500 e. The van der Waals surface area contributed by atoms with Crippen molar-refractivity contribution >= 4 is 8.80 Å². The highest BCUT2D eigenvalue weighted by Gasteiger charge is 2.36. The molecule has 1 aromatic heterocycles. The van der Waals surface area contributed by atoms with Gasteiger partial charge >= 0.3 is 8.80 Å². The molecule has 0 aromatic carbocycles. The fraction of sp³-hybridized carbons (Fsp3) is 0.857. The summed E-state index contributed by atoms with van der Waals surface area (Å²) in [6, 6.07) is 0.925. The standard InChI is InChI=1S/C21H43N2O3Si/c1-5-6-16-22-18-19-23(21-22)17-14-12-10-8-7-9-11-13-15-20-27(24-2,25-3)26-4/h18-19,21H,5-17,20H2,1-4H3/q+1. The summed E-state index contributed by atoms with van der Waals surface area (Å²) in [6.45, 7) is 4.55. The first-order valence-corrected chi connectivity index (χ1v) is 12.8.